The third-order valence-corrected chi connectivity index (χ3v) is 3.14. The molecule has 1 aromatic carbocycles. The van der Waals surface area contributed by atoms with Crippen LogP contribution in [0, 0.1) is 11.2 Å². The number of methoxy groups -OCH3 is 1. The van der Waals surface area contributed by atoms with Crippen molar-refractivity contribution in [3.63, 3.8) is 0 Å². The number of halogens is 1. The summed E-state index contributed by atoms with van der Waals surface area (Å²) in [5.41, 5.74) is -0.0507. The van der Waals surface area contributed by atoms with Gasteiger partial charge in [0.15, 0.2) is 0 Å². The average Bonchev–Trinajstić information content (AvgIpc) is 2.32. The van der Waals surface area contributed by atoms with Gasteiger partial charge in [-0.05, 0) is 12.1 Å². The largest absolute Gasteiger partial charge is 0.496 e. The standard InChI is InChI=1S/C13H16FNO3/c1-13(2)7-18-12(16)15-11(13)10-8(14)5-4-6-9(10)17-3/h4-6,11H,7H2,1-3H3,(H,15,16)/t11-/m1/s1. The number of hydrogen-bond acceptors (Lipinski definition) is 3. The van der Waals surface area contributed by atoms with E-state index in [1.807, 2.05) is 13.8 Å². The number of amides is 1. The molecule has 2 rings (SSSR count). The van der Waals surface area contributed by atoms with E-state index in [1.54, 1.807) is 12.1 Å². The van der Waals surface area contributed by atoms with E-state index in [0.717, 1.165) is 0 Å². The summed E-state index contributed by atoms with van der Waals surface area (Å²) in [7, 11) is 1.48. The van der Waals surface area contributed by atoms with Crippen LogP contribution in [0.25, 0.3) is 0 Å². The highest BCUT2D eigenvalue weighted by Gasteiger charge is 2.40. The molecule has 0 radical (unpaired) electrons. The van der Waals surface area contributed by atoms with Gasteiger partial charge in [-0.25, -0.2) is 9.18 Å². The van der Waals surface area contributed by atoms with Gasteiger partial charge in [0, 0.05) is 5.41 Å². The molecule has 0 aromatic heterocycles. The second kappa shape index (κ2) is 4.48. The summed E-state index contributed by atoms with van der Waals surface area (Å²) in [5.74, 6) is 0.0323. The van der Waals surface area contributed by atoms with Crippen LogP contribution in [0.4, 0.5) is 9.18 Å². The van der Waals surface area contributed by atoms with E-state index in [4.69, 9.17) is 9.47 Å². The Bertz CT molecular complexity index is 473. The summed E-state index contributed by atoms with van der Waals surface area (Å²) >= 11 is 0. The fourth-order valence-electron chi connectivity index (χ4n) is 2.13. The lowest BCUT2D eigenvalue weighted by atomic mass is 9.80. The zero-order valence-electron chi connectivity index (χ0n) is 10.6. The highest BCUT2D eigenvalue weighted by Crippen LogP contribution is 2.41. The highest BCUT2D eigenvalue weighted by molar-refractivity contribution is 5.69. The zero-order valence-corrected chi connectivity index (χ0v) is 10.6. The molecule has 18 heavy (non-hydrogen) atoms. The fraction of sp³-hybridized carbons (Fsp3) is 0.462. The van der Waals surface area contributed by atoms with Crippen molar-refractivity contribution < 1.29 is 18.7 Å². The minimum absolute atomic E-state index is 0.237. The maximum atomic E-state index is 14.0. The van der Waals surface area contributed by atoms with Gasteiger partial charge in [0.25, 0.3) is 0 Å². The fourth-order valence-corrected chi connectivity index (χ4v) is 2.13. The lowest BCUT2D eigenvalue weighted by Gasteiger charge is -2.39. The van der Waals surface area contributed by atoms with Crippen molar-refractivity contribution in [2.45, 2.75) is 19.9 Å². The number of alkyl carbamates (subject to hydrolysis) is 1. The minimum atomic E-state index is -0.537. The molecular formula is C13H16FNO3. The van der Waals surface area contributed by atoms with Crippen molar-refractivity contribution in [3.05, 3.63) is 29.6 Å². The Hall–Kier alpha value is -1.78. The molecule has 1 fully saturated rings. The van der Waals surface area contributed by atoms with Crippen LogP contribution in [0.5, 0.6) is 5.75 Å². The summed E-state index contributed by atoms with van der Waals surface area (Å²) in [6.07, 6.45) is -0.537. The van der Waals surface area contributed by atoms with Crippen LogP contribution >= 0.6 is 0 Å². The summed E-state index contributed by atoms with van der Waals surface area (Å²) in [4.78, 5) is 11.3. The lowest BCUT2D eigenvalue weighted by molar-refractivity contribution is 0.0371. The van der Waals surface area contributed by atoms with Crippen LogP contribution in [-0.4, -0.2) is 19.8 Å². The minimum Gasteiger partial charge on any atom is -0.496 e. The van der Waals surface area contributed by atoms with Gasteiger partial charge in [-0.1, -0.05) is 19.9 Å². The molecule has 1 atom stereocenters. The summed E-state index contributed by atoms with van der Waals surface area (Å²) in [6, 6.07) is 4.13. The van der Waals surface area contributed by atoms with E-state index in [1.165, 1.54) is 13.2 Å². The normalized spacial score (nSPS) is 22.0. The van der Waals surface area contributed by atoms with Crippen molar-refractivity contribution >= 4 is 6.09 Å². The molecular weight excluding hydrogens is 237 g/mol. The molecule has 1 amide bonds. The molecule has 1 aliphatic heterocycles. The maximum absolute atomic E-state index is 14.0. The molecule has 0 aliphatic carbocycles. The molecule has 1 aliphatic rings. The zero-order chi connectivity index (χ0) is 13.3. The number of rotatable bonds is 2. The molecule has 1 saturated heterocycles. The second-order valence-corrected chi connectivity index (χ2v) is 5.00. The Labute approximate surface area is 105 Å². The second-order valence-electron chi connectivity index (χ2n) is 5.00. The quantitative estimate of drug-likeness (QED) is 0.881. The molecule has 0 bridgehead atoms. The van der Waals surface area contributed by atoms with Crippen LogP contribution in [0.2, 0.25) is 0 Å². The van der Waals surface area contributed by atoms with Crippen molar-refractivity contribution in [1.82, 2.24) is 5.32 Å². The Morgan fingerprint density at radius 3 is 2.89 bits per heavy atom. The predicted octanol–water partition coefficient (Wildman–Crippen LogP) is 2.64. The molecule has 5 heteroatoms. The number of hydrogen-bond donors (Lipinski definition) is 1. The lowest BCUT2D eigenvalue weighted by Crippen LogP contribution is -2.47. The van der Waals surface area contributed by atoms with Gasteiger partial charge in [-0.3, -0.25) is 0 Å². The van der Waals surface area contributed by atoms with Gasteiger partial charge in [0.2, 0.25) is 0 Å². The average molecular weight is 253 g/mol. The van der Waals surface area contributed by atoms with Gasteiger partial charge < -0.3 is 14.8 Å². The summed E-state index contributed by atoms with van der Waals surface area (Å²) in [6.45, 7) is 4.05. The Kier molecular flexibility index (Phi) is 3.15. The first-order valence-corrected chi connectivity index (χ1v) is 5.71. The van der Waals surface area contributed by atoms with E-state index in [2.05, 4.69) is 5.32 Å². The summed E-state index contributed by atoms with van der Waals surface area (Å²) in [5, 5.41) is 2.66. The van der Waals surface area contributed by atoms with E-state index in [9.17, 15) is 9.18 Å². The molecule has 1 N–H and O–H groups in total. The molecule has 1 heterocycles. The van der Waals surface area contributed by atoms with E-state index < -0.39 is 23.4 Å². The van der Waals surface area contributed by atoms with Crippen LogP contribution in [0.15, 0.2) is 18.2 Å². The van der Waals surface area contributed by atoms with Crippen LogP contribution in [0.1, 0.15) is 25.5 Å². The van der Waals surface area contributed by atoms with E-state index in [-0.39, 0.29) is 6.61 Å². The molecule has 0 saturated carbocycles. The first-order chi connectivity index (χ1) is 8.45. The smallest absolute Gasteiger partial charge is 0.407 e. The number of carbonyl (C=O) groups excluding carboxylic acids is 1. The van der Waals surface area contributed by atoms with Crippen molar-refractivity contribution in [2.24, 2.45) is 5.41 Å². The van der Waals surface area contributed by atoms with Crippen LogP contribution in [-0.2, 0) is 4.74 Å². The van der Waals surface area contributed by atoms with Crippen molar-refractivity contribution in [1.29, 1.82) is 0 Å². The maximum Gasteiger partial charge on any atom is 0.407 e. The van der Waals surface area contributed by atoms with Crippen LogP contribution in [0.3, 0.4) is 0 Å². The summed E-state index contributed by atoms with van der Waals surface area (Å²) < 4.78 is 24.1. The predicted molar refractivity (Wildman–Crippen MR) is 64.0 cm³/mol. The number of carbonyl (C=O) groups is 1. The monoisotopic (exact) mass is 253 g/mol. The van der Waals surface area contributed by atoms with Gasteiger partial charge >= 0.3 is 6.09 Å². The third kappa shape index (κ3) is 2.12. The van der Waals surface area contributed by atoms with Crippen LogP contribution < -0.4 is 10.1 Å². The topological polar surface area (TPSA) is 47.6 Å². The van der Waals surface area contributed by atoms with Gasteiger partial charge in [-0.15, -0.1) is 0 Å². The van der Waals surface area contributed by atoms with E-state index >= 15 is 0 Å². The number of nitrogens with one attached hydrogen (secondary N) is 1. The highest BCUT2D eigenvalue weighted by atomic mass is 19.1. The number of cyclic esters (lactones) is 1. The Balaban J connectivity index is 2.49. The van der Waals surface area contributed by atoms with Crippen molar-refractivity contribution in [2.75, 3.05) is 13.7 Å². The number of ether oxygens (including phenoxy) is 2. The molecule has 98 valence electrons. The first kappa shape index (κ1) is 12.7. The Morgan fingerprint density at radius 2 is 2.22 bits per heavy atom. The molecule has 4 nitrogen and oxygen atoms in total. The van der Waals surface area contributed by atoms with Gasteiger partial charge in [-0.2, -0.15) is 0 Å². The van der Waals surface area contributed by atoms with Gasteiger partial charge in [0.1, 0.15) is 18.2 Å². The molecule has 0 unspecified atom stereocenters. The molecule has 0 spiro atoms. The van der Waals surface area contributed by atoms with E-state index in [0.29, 0.717) is 11.3 Å². The third-order valence-electron chi connectivity index (χ3n) is 3.14. The molecule has 1 aromatic rings. The number of benzene rings is 1. The van der Waals surface area contributed by atoms with Gasteiger partial charge in [0.05, 0.1) is 18.7 Å². The first-order valence-electron chi connectivity index (χ1n) is 5.71. The SMILES string of the molecule is COc1cccc(F)c1[C@H]1NC(=O)OCC1(C)C. The Morgan fingerprint density at radius 1 is 1.50 bits per heavy atom. The van der Waals surface area contributed by atoms with Crippen molar-refractivity contribution in [3.8, 4) is 5.75 Å².